The van der Waals surface area contributed by atoms with Crippen molar-refractivity contribution in [1.82, 2.24) is 0 Å². The molecule has 0 spiro atoms. The van der Waals surface area contributed by atoms with Gasteiger partial charge in [0.2, 0.25) is 0 Å². The van der Waals surface area contributed by atoms with E-state index in [2.05, 4.69) is 0 Å². The van der Waals surface area contributed by atoms with Crippen LogP contribution in [0.15, 0.2) is 24.3 Å². The van der Waals surface area contributed by atoms with Crippen molar-refractivity contribution in [2.45, 2.75) is 25.6 Å². The van der Waals surface area contributed by atoms with E-state index in [-0.39, 0.29) is 0 Å². The van der Waals surface area contributed by atoms with Crippen molar-refractivity contribution < 1.29 is 9.53 Å². The van der Waals surface area contributed by atoms with Crippen LogP contribution in [0.4, 0.5) is 5.69 Å². The normalized spacial score (nSPS) is 14.2. The lowest BCUT2D eigenvalue weighted by molar-refractivity contribution is -0.149. The zero-order chi connectivity index (χ0) is 12.1. The Labute approximate surface area is 94.6 Å². The highest BCUT2D eigenvalue weighted by atomic mass is 16.6. The van der Waals surface area contributed by atoms with Gasteiger partial charge in [0, 0.05) is 12.1 Å². The van der Waals surface area contributed by atoms with Crippen molar-refractivity contribution >= 4 is 11.7 Å². The third-order valence-electron chi connectivity index (χ3n) is 2.10. The summed E-state index contributed by atoms with van der Waals surface area (Å²) >= 11 is 0. The summed E-state index contributed by atoms with van der Waals surface area (Å²) in [6.07, 6.45) is -0.301. The smallest absolute Gasteiger partial charge is 0.324 e. The second kappa shape index (κ2) is 5.48. The summed E-state index contributed by atoms with van der Waals surface area (Å²) in [6, 6.07) is 6.52. The minimum atomic E-state index is -0.740. The Bertz CT molecular complexity index is 366. The zero-order valence-corrected chi connectivity index (χ0v) is 9.22. The van der Waals surface area contributed by atoms with Crippen molar-refractivity contribution in [2.75, 3.05) is 5.73 Å². The van der Waals surface area contributed by atoms with Crippen LogP contribution in [0.1, 0.15) is 12.5 Å². The number of ether oxygens (including phenoxy) is 1. The van der Waals surface area contributed by atoms with Crippen LogP contribution >= 0.6 is 0 Å². The van der Waals surface area contributed by atoms with E-state index in [0.29, 0.717) is 12.1 Å². The van der Waals surface area contributed by atoms with Gasteiger partial charge in [-0.2, -0.15) is 0 Å². The van der Waals surface area contributed by atoms with Crippen molar-refractivity contribution in [1.29, 1.82) is 0 Å². The predicted molar refractivity (Wildman–Crippen MR) is 62.3 cm³/mol. The maximum Gasteiger partial charge on any atom is 0.324 e. The van der Waals surface area contributed by atoms with Crippen LogP contribution < -0.4 is 17.2 Å². The number of esters is 1. The summed E-state index contributed by atoms with van der Waals surface area (Å²) in [5.41, 5.74) is 18.2. The second-order valence-electron chi connectivity index (χ2n) is 3.65. The van der Waals surface area contributed by atoms with Crippen molar-refractivity contribution in [3.63, 3.8) is 0 Å². The summed E-state index contributed by atoms with van der Waals surface area (Å²) in [7, 11) is 0. The highest BCUT2D eigenvalue weighted by Crippen LogP contribution is 2.12. The molecule has 2 atom stereocenters. The van der Waals surface area contributed by atoms with Gasteiger partial charge in [-0.3, -0.25) is 10.5 Å². The molecule has 1 aromatic carbocycles. The van der Waals surface area contributed by atoms with Crippen LogP contribution in [0, 0.1) is 0 Å². The molecule has 0 aromatic heterocycles. The number of anilines is 1. The number of para-hydroxylation sites is 1. The molecule has 5 nitrogen and oxygen atoms in total. The summed E-state index contributed by atoms with van der Waals surface area (Å²) < 4.78 is 4.80. The molecule has 16 heavy (non-hydrogen) atoms. The zero-order valence-electron chi connectivity index (χ0n) is 9.22. The lowest BCUT2D eigenvalue weighted by atomic mass is 10.1. The molecule has 1 aromatic rings. The van der Waals surface area contributed by atoms with E-state index in [9.17, 15) is 4.79 Å². The molecule has 0 radical (unpaired) electrons. The summed E-state index contributed by atoms with van der Waals surface area (Å²) in [6.45, 7) is 1.57. The largest absolute Gasteiger partial charge is 0.446 e. The fourth-order valence-corrected chi connectivity index (χ4v) is 1.31. The van der Waals surface area contributed by atoms with Crippen LogP contribution in [0.2, 0.25) is 0 Å². The second-order valence-corrected chi connectivity index (χ2v) is 3.65. The first kappa shape index (κ1) is 12.5. The number of benzene rings is 1. The first-order valence-corrected chi connectivity index (χ1v) is 5.05. The van der Waals surface area contributed by atoms with Gasteiger partial charge >= 0.3 is 5.97 Å². The van der Waals surface area contributed by atoms with Gasteiger partial charge in [0.1, 0.15) is 12.3 Å². The monoisotopic (exact) mass is 223 g/mol. The molecule has 0 heterocycles. The Morgan fingerprint density at radius 1 is 1.38 bits per heavy atom. The lowest BCUT2D eigenvalue weighted by Gasteiger charge is -2.14. The molecular weight excluding hydrogens is 206 g/mol. The SMILES string of the molecule is CC(N)OC(=O)C(N)Cc1ccccc1N. The minimum Gasteiger partial charge on any atom is -0.446 e. The van der Waals surface area contributed by atoms with Crippen LogP contribution in [-0.2, 0) is 16.0 Å². The maximum absolute atomic E-state index is 11.4. The van der Waals surface area contributed by atoms with E-state index in [1.54, 1.807) is 13.0 Å². The van der Waals surface area contributed by atoms with Crippen LogP contribution in [0.25, 0.3) is 0 Å². The lowest BCUT2D eigenvalue weighted by Crippen LogP contribution is -2.38. The summed E-state index contributed by atoms with van der Waals surface area (Å²) in [5.74, 6) is -0.516. The van der Waals surface area contributed by atoms with Crippen molar-refractivity contribution in [3.8, 4) is 0 Å². The molecule has 0 aliphatic carbocycles. The molecule has 0 fully saturated rings. The Morgan fingerprint density at radius 2 is 2.00 bits per heavy atom. The van der Waals surface area contributed by atoms with E-state index in [1.165, 1.54) is 0 Å². The van der Waals surface area contributed by atoms with Crippen LogP contribution in [-0.4, -0.2) is 18.2 Å². The highest BCUT2D eigenvalue weighted by molar-refractivity contribution is 5.76. The van der Waals surface area contributed by atoms with E-state index in [1.807, 2.05) is 18.2 Å². The molecule has 0 saturated heterocycles. The molecule has 5 heteroatoms. The number of hydrogen-bond acceptors (Lipinski definition) is 5. The number of rotatable bonds is 4. The molecular formula is C11H17N3O2. The molecule has 2 unspecified atom stereocenters. The first-order valence-electron chi connectivity index (χ1n) is 5.05. The van der Waals surface area contributed by atoms with Gasteiger partial charge in [-0.05, 0) is 18.6 Å². The molecule has 0 saturated carbocycles. The number of carbonyl (C=O) groups excluding carboxylic acids is 1. The fraction of sp³-hybridized carbons (Fsp3) is 0.364. The number of hydrogen-bond donors (Lipinski definition) is 3. The molecule has 88 valence electrons. The Hall–Kier alpha value is -1.59. The summed E-state index contributed by atoms with van der Waals surface area (Å²) in [5, 5.41) is 0. The standard InChI is InChI=1S/C11H17N3O2/c1-7(12)16-11(15)10(14)6-8-4-2-3-5-9(8)13/h2-5,7,10H,6,12-14H2,1H3. The average molecular weight is 223 g/mol. The number of nitrogens with two attached hydrogens (primary N) is 3. The van der Waals surface area contributed by atoms with Crippen LogP contribution in [0.3, 0.4) is 0 Å². The Morgan fingerprint density at radius 3 is 2.56 bits per heavy atom. The molecule has 0 aliphatic heterocycles. The highest BCUT2D eigenvalue weighted by Gasteiger charge is 2.17. The van der Waals surface area contributed by atoms with E-state index >= 15 is 0 Å². The molecule has 1 rings (SSSR count). The van der Waals surface area contributed by atoms with Gasteiger partial charge < -0.3 is 16.2 Å². The topological polar surface area (TPSA) is 104 Å². The van der Waals surface area contributed by atoms with E-state index in [4.69, 9.17) is 21.9 Å². The Balaban J connectivity index is 2.61. The molecule has 0 bridgehead atoms. The van der Waals surface area contributed by atoms with Gasteiger partial charge in [-0.25, -0.2) is 0 Å². The van der Waals surface area contributed by atoms with Crippen LogP contribution in [0.5, 0.6) is 0 Å². The predicted octanol–water partition coefficient (Wildman–Crippen LogP) is -0.0135. The maximum atomic E-state index is 11.4. The number of nitrogen functional groups attached to an aromatic ring is 1. The third kappa shape index (κ3) is 3.52. The third-order valence-corrected chi connectivity index (χ3v) is 2.10. The van der Waals surface area contributed by atoms with Gasteiger partial charge in [0.25, 0.3) is 0 Å². The Kier molecular flexibility index (Phi) is 4.28. The van der Waals surface area contributed by atoms with Gasteiger partial charge in [0.15, 0.2) is 0 Å². The molecule has 0 amide bonds. The average Bonchev–Trinajstić information content (AvgIpc) is 2.20. The quantitative estimate of drug-likeness (QED) is 0.378. The first-order chi connectivity index (χ1) is 7.50. The van der Waals surface area contributed by atoms with Gasteiger partial charge in [-0.15, -0.1) is 0 Å². The fourth-order valence-electron chi connectivity index (χ4n) is 1.31. The molecule has 0 aliphatic rings. The van der Waals surface area contributed by atoms with E-state index < -0.39 is 18.2 Å². The molecule has 6 N–H and O–H groups in total. The van der Waals surface area contributed by atoms with Gasteiger partial charge in [0.05, 0.1) is 0 Å². The van der Waals surface area contributed by atoms with Crippen molar-refractivity contribution in [2.24, 2.45) is 11.5 Å². The van der Waals surface area contributed by atoms with E-state index in [0.717, 1.165) is 5.56 Å². The van der Waals surface area contributed by atoms with Crippen molar-refractivity contribution in [3.05, 3.63) is 29.8 Å². The minimum absolute atomic E-state index is 0.345. The number of carbonyl (C=O) groups is 1. The summed E-state index contributed by atoms with van der Waals surface area (Å²) in [4.78, 5) is 11.4. The van der Waals surface area contributed by atoms with Gasteiger partial charge in [-0.1, -0.05) is 18.2 Å².